The minimum Gasteiger partial charge on any atom is -0.493 e. The van der Waals surface area contributed by atoms with E-state index in [2.05, 4.69) is 4.98 Å². The number of aromatic nitrogens is 1. The summed E-state index contributed by atoms with van der Waals surface area (Å²) in [6, 6.07) is 4.15. The average molecular weight is 246 g/mol. The van der Waals surface area contributed by atoms with Crippen molar-refractivity contribution in [2.24, 2.45) is 5.73 Å². The van der Waals surface area contributed by atoms with Gasteiger partial charge in [0.1, 0.15) is 0 Å². The fourth-order valence-electron chi connectivity index (χ4n) is 2.83. The standard InChI is InChI=1S/C14H18N2O2/c1-17-12-6-9-8-4-3-5-10(15)14(8)16-11(9)7-13(12)18-2/h6-7,10,16H,3-5,15H2,1-2H3. The predicted octanol–water partition coefficient (Wildman–Crippen LogP) is 2.52. The van der Waals surface area contributed by atoms with Gasteiger partial charge in [-0.1, -0.05) is 0 Å². The molecule has 18 heavy (non-hydrogen) atoms. The van der Waals surface area contributed by atoms with Crippen molar-refractivity contribution in [1.82, 2.24) is 4.98 Å². The molecule has 1 aromatic heterocycles. The van der Waals surface area contributed by atoms with Gasteiger partial charge >= 0.3 is 0 Å². The highest BCUT2D eigenvalue weighted by Crippen LogP contribution is 2.38. The lowest BCUT2D eigenvalue weighted by Crippen LogP contribution is -2.16. The molecule has 0 aliphatic heterocycles. The van der Waals surface area contributed by atoms with Crippen molar-refractivity contribution >= 4 is 10.9 Å². The van der Waals surface area contributed by atoms with E-state index in [1.54, 1.807) is 14.2 Å². The molecule has 0 saturated heterocycles. The SMILES string of the molecule is COc1cc2[nH]c3c(c2cc1OC)CCCC3N. The number of hydrogen-bond donors (Lipinski definition) is 2. The van der Waals surface area contributed by atoms with E-state index < -0.39 is 0 Å². The third kappa shape index (κ3) is 1.56. The number of methoxy groups -OCH3 is 2. The molecule has 1 aromatic carbocycles. The molecule has 1 aliphatic rings. The first-order chi connectivity index (χ1) is 8.74. The van der Waals surface area contributed by atoms with Gasteiger partial charge in [-0.15, -0.1) is 0 Å². The summed E-state index contributed by atoms with van der Waals surface area (Å²) < 4.78 is 10.7. The van der Waals surface area contributed by atoms with Crippen LogP contribution in [-0.4, -0.2) is 19.2 Å². The van der Waals surface area contributed by atoms with E-state index in [9.17, 15) is 0 Å². The summed E-state index contributed by atoms with van der Waals surface area (Å²) >= 11 is 0. The van der Waals surface area contributed by atoms with Crippen LogP contribution in [0.5, 0.6) is 11.5 Å². The van der Waals surface area contributed by atoms with Gasteiger partial charge in [0.25, 0.3) is 0 Å². The maximum Gasteiger partial charge on any atom is 0.162 e. The van der Waals surface area contributed by atoms with Gasteiger partial charge in [0, 0.05) is 28.7 Å². The number of nitrogens with one attached hydrogen (secondary N) is 1. The number of aryl methyl sites for hydroxylation is 1. The van der Waals surface area contributed by atoms with Crippen LogP contribution >= 0.6 is 0 Å². The maximum absolute atomic E-state index is 6.16. The summed E-state index contributed by atoms with van der Waals surface area (Å²) in [5.74, 6) is 1.52. The van der Waals surface area contributed by atoms with Crippen LogP contribution in [0.4, 0.5) is 0 Å². The second-order valence-corrected chi connectivity index (χ2v) is 4.77. The average Bonchev–Trinajstić information content (AvgIpc) is 2.76. The molecule has 2 aromatic rings. The van der Waals surface area contributed by atoms with E-state index >= 15 is 0 Å². The minimum atomic E-state index is 0.123. The Hall–Kier alpha value is -1.68. The Bertz CT molecular complexity index is 589. The Morgan fingerprint density at radius 3 is 2.67 bits per heavy atom. The van der Waals surface area contributed by atoms with Crippen molar-refractivity contribution in [3.05, 3.63) is 23.4 Å². The van der Waals surface area contributed by atoms with E-state index in [0.717, 1.165) is 36.3 Å². The lowest BCUT2D eigenvalue weighted by molar-refractivity contribution is 0.356. The van der Waals surface area contributed by atoms with Crippen LogP contribution in [-0.2, 0) is 6.42 Å². The van der Waals surface area contributed by atoms with Crippen molar-refractivity contribution in [3.8, 4) is 11.5 Å². The van der Waals surface area contributed by atoms with Gasteiger partial charge in [0.05, 0.1) is 14.2 Å². The number of hydrogen-bond acceptors (Lipinski definition) is 3. The third-order valence-electron chi connectivity index (χ3n) is 3.76. The monoisotopic (exact) mass is 246 g/mol. The van der Waals surface area contributed by atoms with Gasteiger partial charge in [-0.3, -0.25) is 0 Å². The first-order valence-electron chi connectivity index (χ1n) is 6.26. The molecule has 0 spiro atoms. The molecular formula is C14H18N2O2. The number of aromatic amines is 1. The summed E-state index contributed by atoms with van der Waals surface area (Å²) in [6.45, 7) is 0. The molecule has 3 N–H and O–H groups in total. The van der Waals surface area contributed by atoms with Crippen molar-refractivity contribution in [3.63, 3.8) is 0 Å². The normalized spacial score (nSPS) is 18.7. The maximum atomic E-state index is 6.16. The first kappa shape index (κ1) is 11.4. The Labute approximate surface area is 106 Å². The summed E-state index contributed by atoms with van der Waals surface area (Å²) in [6.07, 6.45) is 3.28. The van der Waals surface area contributed by atoms with Crippen LogP contribution in [0.3, 0.4) is 0 Å². The molecule has 1 aliphatic carbocycles. The van der Waals surface area contributed by atoms with Crippen LogP contribution in [0.25, 0.3) is 10.9 Å². The number of benzene rings is 1. The molecule has 0 saturated carbocycles. The second kappa shape index (κ2) is 4.21. The number of H-pyrrole nitrogens is 1. The minimum absolute atomic E-state index is 0.123. The molecule has 0 fully saturated rings. The third-order valence-corrected chi connectivity index (χ3v) is 3.76. The largest absolute Gasteiger partial charge is 0.493 e. The zero-order valence-corrected chi connectivity index (χ0v) is 10.7. The molecule has 0 amide bonds. The number of ether oxygens (including phenoxy) is 2. The topological polar surface area (TPSA) is 60.3 Å². The Kier molecular flexibility index (Phi) is 2.67. The molecule has 96 valence electrons. The highest BCUT2D eigenvalue weighted by Gasteiger charge is 2.22. The quantitative estimate of drug-likeness (QED) is 0.856. The van der Waals surface area contributed by atoms with Gasteiger partial charge in [0.15, 0.2) is 11.5 Å². The van der Waals surface area contributed by atoms with E-state index in [1.807, 2.05) is 12.1 Å². The fourth-order valence-corrected chi connectivity index (χ4v) is 2.83. The number of fused-ring (bicyclic) bond motifs is 3. The number of rotatable bonds is 2. The van der Waals surface area contributed by atoms with Crippen molar-refractivity contribution in [2.45, 2.75) is 25.3 Å². The summed E-state index contributed by atoms with van der Waals surface area (Å²) in [7, 11) is 3.31. The molecule has 4 heteroatoms. The van der Waals surface area contributed by atoms with Crippen LogP contribution in [0.15, 0.2) is 12.1 Å². The highest BCUT2D eigenvalue weighted by atomic mass is 16.5. The van der Waals surface area contributed by atoms with Crippen molar-refractivity contribution in [2.75, 3.05) is 14.2 Å². The molecule has 1 heterocycles. The Balaban J connectivity index is 2.25. The van der Waals surface area contributed by atoms with Gasteiger partial charge in [0.2, 0.25) is 0 Å². The first-order valence-corrected chi connectivity index (χ1v) is 6.26. The van der Waals surface area contributed by atoms with Crippen molar-refractivity contribution in [1.29, 1.82) is 0 Å². The summed E-state index contributed by atoms with van der Waals surface area (Å²) in [4.78, 5) is 3.43. The lowest BCUT2D eigenvalue weighted by atomic mass is 9.92. The van der Waals surface area contributed by atoms with Crippen molar-refractivity contribution < 1.29 is 9.47 Å². The van der Waals surface area contributed by atoms with E-state index in [0.29, 0.717) is 0 Å². The van der Waals surface area contributed by atoms with Crippen LogP contribution in [0.2, 0.25) is 0 Å². The molecule has 4 nitrogen and oxygen atoms in total. The van der Waals surface area contributed by atoms with Gasteiger partial charge in [-0.25, -0.2) is 0 Å². The molecule has 3 rings (SSSR count). The lowest BCUT2D eigenvalue weighted by Gasteiger charge is -2.18. The second-order valence-electron chi connectivity index (χ2n) is 4.77. The van der Waals surface area contributed by atoms with Crippen LogP contribution in [0.1, 0.15) is 30.1 Å². The molecule has 1 atom stereocenters. The van der Waals surface area contributed by atoms with Crippen LogP contribution < -0.4 is 15.2 Å². The highest BCUT2D eigenvalue weighted by molar-refractivity contribution is 5.88. The van der Waals surface area contributed by atoms with Gasteiger partial charge in [-0.05, 0) is 30.9 Å². The summed E-state index contributed by atoms with van der Waals surface area (Å²) in [5, 5.41) is 1.21. The van der Waals surface area contributed by atoms with Gasteiger partial charge in [-0.2, -0.15) is 0 Å². The van der Waals surface area contributed by atoms with E-state index in [1.165, 1.54) is 16.6 Å². The van der Waals surface area contributed by atoms with E-state index in [4.69, 9.17) is 15.2 Å². The zero-order chi connectivity index (χ0) is 12.7. The number of nitrogens with two attached hydrogens (primary N) is 1. The predicted molar refractivity (Wildman–Crippen MR) is 71.3 cm³/mol. The Morgan fingerprint density at radius 1 is 1.22 bits per heavy atom. The molecule has 1 unspecified atom stereocenters. The van der Waals surface area contributed by atoms with Crippen LogP contribution in [0, 0.1) is 0 Å². The van der Waals surface area contributed by atoms with E-state index in [-0.39, 0.29) is 6.04 Å². The molecular weight excluding hydrogens is 228 g/mol. The Morgan fingerprint density at radius 2 is 1.94 bits per heavy atom. The van der Waals surface area contributed by atoms with Gasteiger partial charge < -0.3 is 20.2 Å². The summed E-state index contributed by atoms with van der Waals surface area (Å²) in [5.41, 5.74) is 9.75. The smallest absolute Gasteiger partial charge is 0.162 e. The molecule has 0 radical (unpaired) electrons. The molecule has 0 bridgehead atoms. The zero-order valence-electron chi connectivity index (χ0n) is 10.7. The fraction of sp³-hybridized carbons (Fsp3) is 0.429.